The van der Waals surface area contributed by atoms with Gasteiger partial charge in [-0.25, -0.2) is 9.97 Å². The number of nitrogens with zero attached hydrogens (tertiary/aromatic N) is 5. The Balaban J connectivity index is 2.29. The van der Waals surface area contributed by atoms with Gasteiger partial charge in [0.15, 0.2) is 5.82 Å². The normalized spacial score (nSPS) is 10.8. The predicted octanol–water partition coefficient (Wildman–Crippen LogP) is 3.95. The molecule has 1 N–H and O–H groups in total. The average Bonchev–Trinajstić information content (AvgIpc) is 2.58. The topological polar surface area (TPSA) is 66.8 Å². The molecule has 3 aromatic rings. The van der Waals surface area contributed by atoms with Crippen LogP contribution in [0.5, 0.6) is 0 Å². The highest BCUT2D eigenvalue weighted by Crippen LogP contribution is 2.42. The Hall–Kier alpha value is -1.93. The summed E-state index contributed by atoms with van der Waals surface area (Å²) in [4.78, 5) is 17.7. The van der Waals surface area contributed by atoms with Gasteiger partial charge in [-0.1, -0.05) is 0 Å². The van der Waals surface area contributed by atoms with Crippen LogP contribution in [0.1, 0.15) is 5.82 Å². The molecule has 1 aromatic carbocycles. The quantitative estimate of drug-likeness (QED) is 0.676. The van der Waals surface area contributed by atoms with E-state index < -0.39 is 0 Å². The minimum atomic E-state index is 0.708. The van der Waals surface area contributed by atoms with Crippen molar-refractivity contribution in [2.75, 3.05) is 22.9 Å². The van der Waals surface area contributed by atoms with E-state index in [4.69, 9.17) is 0 Å². The lowest BCUT2D eigenvalue weighted by Crippen LogP contribution is -2.13. The van der Waals surface area contributed by atoms with Crippen LogP contribution in [0.2, 0.25) is 0 Å². The molecule has 0 saturated heterocycles. The first-order valence-corrected chi connectivity index (χ1v) is 8.88. The molecule has 0 unspecified atom stereocenters. The number of anilines is 3. The summed E-state index contributed by atoms with van der Waals surface area (Å²) >= 11 is 5.09. The molecule has 3 rings (SSSR count). The fourth-order valence-electron chi connectivity index (χ4n) is 2.30. The van der Waals surface area contributed by atoms with Crippen molar-refractivity contribution in [3.8, 4) is 0 Å². The summed E-state index contributed by atoms with van der Waals surface area (Å²) < 4.78 is 2.85. The molecule has 0 atom stereocenters. The molecular weight excluding hydrogens is 376 g/mol. The molecule has 0 fully saturated rings. The number of aromatic nitrogens is 4. The summed E-state index contributed by atoms with van der Waals surface area (Å²) in [7, 11) is 1.89. The predicted molar refractivity (Wildman–Crippen MR) is 99.2 cm³/mol. The van der Waals surface area contributed by atoms with E-state index in [1.165, 1.54) is 0 Å². The van der Waals surface area contributed by atoms with Gasteiger partial charge in [0.25, 0.3) is 0 Å². The number of fused-ring (bicyclic) bond motifs is 1. The fourth-order valence-corrected chi connectivity index (χ4v) is 3.46. The molecule has 0 amide bonds. The molecule has 0 saturated carbocycles. The second-order valence-corrected chi connectivity index (χ2v) is 6.29. The summed E-state index contributed by atoms with van der Waals surface area (Å²) in [5, 5.41) is 3.22. The van der Waals surface area contributed by atoms with E-state index in [2.05, 4.69) is 41.2 Å². The Labute approximate surface area is 147 Å². The zero-order chi connectivity index (χ0) is 16.4. The number of nitrogens with one attached hydrogen (secondary N) is 1. The summed E-state index contributed by atoms with van der Waals surface area (Å²) in [6, 6.07) is 3.95. The second kappa shape index (κ2) is 6.67. The van der Waals surface area contributed by atoms with Crippen LogP contribution in [-0.4, -0.2) is 33.2 Å². The summed E-state index contributed by atoms with van der Waals surface area (Å²) in [6.07, 6.45) is 7.15. The molecule has 0 radical (unpaired) electrons. The van der Waals surface area contributed by atoms with Crippen LogP contribution < -0.4 is 9.62 Å². The van der Waals surface area contributed by atoms with Crippen LogP contribution in [0, 0.1) is 6.92 Å². The molecule has 6 nitrogen and oxygen atoms in total. The lowest BCUT2D eigenvalue weighted by atomic mass is 10.2. The van der Waals surface area contributed by atoms with Gasteiger partial charge in [-0.05, 0) is 46.9 Å². The first kappa shape index (κ1) is 15.9. The van der Waals surface area contributed by atoms with Crippen molar-refractivity contribution in [3.63, 3.8) is 0 Å². The van der Waals surface area contributed by atoms with Crippen LogP contribution in [-0.2, 0) is 0 Å². The molecule has 118 valence electrons. The van der Waals surface area contributed by atoms with Gasteiger partial charge in [0.05, 0.1) is 15.7 Å². The fraction of sp³-hybridized carbons (Fsp3) is 0.200. The number of halogens is 1. The zero-order valence-electron chi connectivity index (χ0n) is 12.9. The average molecular weight is 391 g/mol. The standard InChI is InChI=1S/C15H15BrN6S/c1-9-20-8-10(16)15(21-9)22(23-3)14-12(17-2)5-4-11-13(14)19-7-6-18-11/h4-8,17H,1-3H3. The summed E-state index contributed by atoms with van der Waals surface area (Å²) in [6.45, 7) is 1.87. The highest BCUT2D eigenvalue weighted by Gasteiger charge is 2.21. The molecule has 0 spiro atoms. The van der Waals surface area contributed by atoms with E-state index in [0.717, 1.165) is 32.7 Å². The highest BCUT2D eigenvalue weighted by molar-refractivity contribution is 9.10. The van der Waals surface area contributed by atoms with Crippen LogP contribution >= 0.6 is 27.9 Å². The Morgan fingerprint density at radius 2 is 1.96 bits per heavy atom. The van der Waals surface area contributed by atoms with Gasteiger partial charge in [-0.2, -0.15) is 0 Å². The number of rotatable bonds is 4. The Kier molecular flexibility index (Phi) is 4.63. The summed E-state index contributed by atoms with van der Waals surface area (Å²) in [5.41, 5.74) is 3.53. The van der Waals surface area contributed by atoms with E-state index in [1.54, 1.807) is 30.5 Å². The van der Waals surface area contributed by atoms with Crippen LogP contribution in [0.4, 0.5) is 17.2 Å². The van der Waals surface area contributed by atoms with E-state index >= 15 is 0 Å². The minimum absolute atomic E-state index is 0.708. The van der Waals surface area contributed by atoms with Crippen LogP contribution in [0.15, 0.2) is 35.2 Å². The van der Waals surface area contributed by atoms with Gasteiger partial charge >= 0.3 is 0 Å². The number of hydrogen-bond acceptors (Lipinski definition) is 7. The first-order chi connectivity index (χ1) is 11.2. The maximum Gasteiger partial charge on any atom is 0.161 e. The summed E-state index contributed by atoms with van der Waals surface area (Å²) in [5.74, 6) is 1.49. The first-order valence-electron chi connectivity index (χ1n) is 6.90. The van der Waals surface area contributed by atoms with Crippen molar-refractivity contribution in [1.29, 1.82) is 0 Å². The van der Waals surface area contributed by atoms with E-state index in [0.29, 0.717) is 5.82 Å². The molecular formula is C15H15BrN6S. The molecule has 23 heavy (non-hydrogen) atoms. The Bertz CT molecular complexity index is 856. The van der Waals surface area contributed by atoms with Gasteiger partial charge < -0.3 is 5.32 Å². The van der Waals surface area contributed by atoms with E-state index in [1.807, 2.05) is 36.7 Å². The highest BCUT2D eigenvalue weighted by atomic mass is 79.9. The third-order valence-electron chi connectivity index (χ3n) is 3.31. The zero-order valence-corrected chi connectivity index (χ0v) is 15.3. The van der Waals surface area contributed by atoms with Gasteiger partial charge in [-0.3, -0.25) is 14.3 Å². The third kappa shape index (κ3) is 2.96. The number of benzene rings is 1. The maximum atomic E-state index is 4.57. The number of hydrogen-bond donors (Lipinski definition) is 1. The number of aryl methyl sites for hydroxylation is 1. The van der Waals surface area contributed by atoms with Gasteiger partial charge in [0, 0.05) is 31.9 Å². The van der Waals surface area contributed by atoms with E-state index in [9.17, 15) is 0 Å². The Morgan fingerprint density at radius 3 is 2.70 bits per heavy atom. The van der Waals surface area contributed by atoms with Crippen molar-refractivity contribution in [2.45, 2.75) is 6.92 Å². The smallest absolute Gasteiger partial charge is 0.161 e. The maximum absolute atomic E-state index is 4.57. The van der Waals surface area contributed by atoms with Gasteiger partial charge in [0.1, 0.15) is 17.0 Å². The van der Waals surface area contributed by atoms with Crippen molar-refractivity contribution in [3.05, 3.63) is 41.0 Å². The van der Waals surface area contributed by atoms with Gasteiger partial charge in [0.2, 0.25) is 0 Å². The largest absolute Gasteiger partial charge is 0.386 e. The van der Waals surface area contributed by atoms with Crippen LogP contribution in [0.25, 0.3) is 11.0 Å². The van der Waals surface area contributed by atoms with Crippen molar-refractivity contribution in [2.24, 2.45) is 0 Å². The minimum Gasteiger partial charge on any atom is -0.386 e. The van der Waals surface area contributed by atoms with Crippen molar-refractivity contribution >= 4 is 56.1 Å². The Morgan fingerprint density at radius 1 is 1.17 bits per heavy atom. The molecule has 2 heterocycles. The van der Waals surface area contributed by atoms with Crippen molar-refractivity contribution < 1.29 is 0 Å². The monoisotopic (exact) mass is 390 g/mol. The molecule has 0 aliphatic heterocycles. The van der Waals surface area contributed by atoms with E-state index in [-0.39, 0.29) is 0 Å². The lowest BCUT2D eigenvalue weighted by Gasteiger charge is -2.25. The third-order valence-corrected chi connectivity index (χ3v) is 4.59. The molecule has 0 aliphatic carbocycles. The van der Waals surface area contributed by atoms with Crippen molar-refractivity contribution in [1.82, 2.24) is 19.9 Å². The molecule has 0 aliphatic rings. The lowest BCUT2D eigenvalue weighted by molar-refractivity contribution is 1.03. The SMILES string of the molecule is CNc1ccc2nccnc2c1N(SC)c1nc(C)ncc1Br. The second-order valence-electron chi connectivity index (χ2n) is 4.70. The van der Waals surface area contributed by atoms with Gasteiger partial charge in [-0.15, -0.1) is 0 Å². The molecule has 8 heteroatoms. The molecule has 2 aromatic heterocycles. The molecule has 0 bridgehead atoms. The van der Waals surface area contributed by atoms with Crippen LogP contribution in [0.3, 0.4) is 0 Å².